The highest BCUT2D eigenvalue weighted by Crippen LogP contribution is 2.33. The second kappa shape index (κ2) is 2.55. The quantitative estimate of drug-likeness (QED) is 0.610. The number of nitrogens with two attached hydrogens (primary N) is 2. The van der Waals surface area contributed by atoms with Crippen molar-refractivity contribution in [1.82, 2.24) is 9.97 Å². The van der Waals surface area contributed by atoms with Gasteiger partial charge in [0.05, 0.1) is 9.40 Å². The molecule has 70 valence electrons. The number of fused-ring (bicyclic) bond motifs is 3. The number of anilines is 2. The number of nitrogen functional groups attached to an aromatic ring is 2. The van der Waals surface area contributed by atoms with E-state index < -0.39 is 0 Å². The van der Waals surface area contributed by atoms with Gasteiger partial charge in [-0.25, -0.2) is 9.97 Å². The third kappa shape index (κ3) is 0.978. The van der Waals surface area contributed by atoms with Crippen LogP contribution in [0.4, 0.5) is 10.3 Å². The van der Waals surface area contributed by atoms with Crippen molar-refractivity contribution in [1.29, 1.82) is 0 Å². The number of thiazole rings is 2. The van der Waals surface area contributed by atoms with Gasteiger partial charge in [-0.05, 0) is 12.1 Å². The summed E-state index contributed by atoms with van der Waals surface area (Å²) in [5.41, 5.74) is 13.0. The van der Waals surface area contributed by atoms with Crippen LogP contribution in [0.3, 0.4) is 0 Å². The molecule has 3 aromatic rings. The van der Waals surface area contributed by atoms with E-state index in [-0.39, 0.29) is 0 Å². The lowest BCUT2D eigenvalue weighted by Crippen LogP contribution is -1.81. The molecular formula is C8H6N4S2. The molecule has 0 saturated carbocycles. The van der Waals surface area contributed by atoms with Crippen molar-refractivity contribution >= 4 is 53.4 Å². The Morgan fingerprint density at radius 2 is 1.29 bits per heavy atom. The summed E-state index contributed by atoms with van der Waals surface area (Å²) in [5.74, 6) is 0. The predicted octanol–water partition coefficient (Wildman–Crippen LogP) is 2.07. The first kappa shape index (κ1) is 7.95. The smallest absolute Gasteiger partial charge is 0.181 e. The molecule has 0 fully saturated rings. The molecule has 1 aromatic carbocycles. The van der Waals surface area contributed by atoms with E-state index in [4.69, 9.17) is 11.5 Å². The van der Waals surface area contributed by atoms with E-state index in [2.05, 4.69) is 9.97 Å². The Labute approximate surface area is 87.2 Å². The van der Waals surface area contributed by atoms with Gasteiger partial charge >= 0.3 is 0 Å². The van der Waals surface area contributed by atoms with Crippen molar-refractivity contribution in [3.63, 3.8) is 0 Å². The molecule has 0 aliphatic carbocycles. The third-order valence-electron chi connectivity index (χ3n) is 1.95. The van der Waals surface area contributed by atoms with Crippen molar-refractivity contribution in [2.45, 2.75) is 0 Å². The zero-order valence-electron chi connectivity index (χ0n) is 7.02. The maximum absolute atomic E-state index is 5.64. The van der Waals surface area contributed by atoms with E-state index in [9.17, 15) is 0 Å². The first-order valence-electron chi connectivity index (χ1n) is 3.95. The van der Waals surface area contributed by atoms with Crippen LogP contribution in [0.1, 0.15) is 0 Å². The van der Waals surface area contributed by atoms with Gasteiger partial charge < -0.3 is 11.5 Å². The van der Waals surface area contributed by atoms with E-state index in [1.165, 1.54) is 22.7 Å². The van der Waals surface area contributed by atoms with Crippen molar-refractivity contribution < 1.29 is 0 Å². The molecule has 6 heteroatoms. The first-order valence-corrected chi connectivity index (χ1v) is 5.58. The Bertz CT molecular complexity index is 569. The second-order valence-electron chi connectivity index (χ2n) is 2.86. The average Bonchev–Trinajstić information content (AvgIpc) is 2.65. The Kier molecular flexibility index (Phi) is 1.45. The van der Waals surface area contributed by atoms with Crippen LogP contribution in [-0.4, -0.2) is 9.97 Å². The highest BCUT2D eigenvalue weighted by Gasteiger charge is 2.09. The van der Waals surface area contributed by atoms with Crippen LogP contribution in [-0.2, 0) is 0 Å². The van der Waals surface area contributed by atoms with Gasteiger partial charge in [0.15, 0.2) is 10.3 Å². The maximum atomic E-state index is 5.64. The van der Waals surface area contributed by atoms with Gasteiger partial charge in [-0.2, -0.15) is 0 Å². The molecule has 0 spiro atoms. The molecule has 0 unspecified atom stereocenters. The highest BCUT2D eigenvalue weighted by molar-refractivity contribution is 7.23. The van der Waals surface area contributed by atoms with Crippen LogP contribution >= 0.6 is 22.7 Å². The molecule has 0 radical (unpaired) electrons. The lowest BCUT2D eigenvalue weighted by molar-refractivity contribution is 1.46. The molecule has 0 atom stereocenters. The molecule has 0 saturated heterocycles. The molecule has 4 N–H and O–H groups in total. The molecule has 0 bridgehead atoms. The van der Waals surface area contributed by atoms with Crippen molar-refractivity contribution in [3.8, 4) is 0 Å². The van der Waals surface area contributed by atoms with Crippen LogP contribution < -0.4 is 11.5 Å². The summed E-state index contributed by atoms with van der Waals surface area (Å²) < 4.78 is 2.11. The van der Waals surface area contributed by atoms with Crippen molar-refractivity contribution in [2.75, 3.05) is 11.5 Å². The summed E-state index contributed by atoms with van der Waals surface area (Å²) in [5, 5.41) is 1.14. The van der Waals surface area contributed by atoms with Crippen LogP contribution in [0.2, 0.25) is 0 Å². The minimum atomic E-state index is 0.569. The summed E-state index contributed by atoms with van der Waals surface area (Å²) in [4.78, 5) is 8.48. The lowest BCUT2D eigenvalue weighted by Gasteiger charge is -1.87. The van der Waals surface area contributed by atoms with E-state index in [0.29, 0.717) is 10.3 Å². The molecular weight excluding hydrogens is 216 g/mol. The minimum Gasteiger partial charge on any atom is -0.375 e. The molecule has 0 aliphatic heterocycles. The largest absolute Gasteiger partial charge is 0.375 e. The zero-order chi connectivity index (χ0) is 9.71. The van der Waals surface area contributed by atoms with Gasteiger partial charge in [-0.1, -0.05) is 22.7 Å². The van der Waals surface area contributed by atoms with E-state index in [0.717, 1.165) is 20.4 Å². The number of hydrogen-bond donors (Lipinski definition) is 2. The molecule has 3 rings (SSSR count). The maximum Gasteiger partial charge on any atom is 0.181 e. The van der Waals surface area contributed by atoms with Crippen LogP contribution in [0, 0.1) is 0 Å². The fourth-order valence-electron chi connectivity index (χ4n) is 1.41. The molecule has 0 aliphatic rings. The van der Waals surface area contributed by atoms with Gasteiger partial charge in [-0.15, -0.1) is 0 Å². The molecule has 2 heterocycles. The molecule has 2 aromatic heterocycles. The number of benzene rings is 1. The number of aromatic nitrogens is 2. The van der Waals surface area contributed by atoms with Gasteiger partial charge in [-0.3, -0.25) is 0 Å². The zero-order valence-corrected chi connectivity index (χ0v) is 8.65. The summed E-state index contributed by atoms with van der Waals surface area (Å²) in [6.45, 7) is 0. The fourth-order valence-corrected chi connectivity index (χ4v) is 2.89. The van der Waals surface area contributed by atoms with Crippen molar-refractivity contribution in [3.05, 3.63) is 12.1 Å². The Balaban J connectivity index is 2.58. The van der Waals surface area contributed by atoms with Gasteiger partial charge in [0.1, 0.15) is 11.0 Å². The Hall–Kier alpha value is -1.40. The second-order valence-corrected chi connectivity index (χ2v) is 4.99. The minimum absolute atomic E-state index is 0.569. The standard InChI is InChI=1S/C8H6N4S2/c9-7-11-5-3(13-7)1-2-4-6(5)12-8(10)14-4/h1-2H,(H2,9,11)(H2,10,12). The predicted molar refractivity (Wildman–Crippen MR) is 61.6 cm³/mol. The summed E-state index contributed by atoms with van der Waals surface area (Å²) >= 11 is 2.93. The van der Waals surface area contributed by atoms with E-state index in [1.54, 1.807) is 0 Å². The van der Waals surface area contributed by atoms with E-state index in [1.807, 2.05) is 12.1 Å². The van der Waals surface area contributed by atoms with Gasteiger partial charge in [0.25, 0.3) is 0 Å². The summed E-state index contributed by atoms with van der Waals surface area (Å²) in [7, 11) is 0. The van der Waals surface area contributed by atoms with Crippen LogP contribution in [0.25, 0.3) is 20.4 Å². The fraction of sp³-hybridized carbons (Fsp3) is 0. The summed E-state index contributed by atoms with van der Waals surface area (Å²) in [6, 6.07) is 4.01. The number of rotatable bonds is 0. The highest BCUT2D eigenvalue weighted by atomic mass is 32.1. The third-order valence-corrected chi connectivity index (χ3v) is 3.65. The number of hydrogen-bond acceptors (Lipinski definition) is 6. The van der Waals surface area contributed by atoms with Crippen LogP contribution in [0.15, 0.2) is 12.1 Å². The summed E-state index contributed by atoms with van der Waals surface area (Å²) in [6.07, 6.45) is 0. The average molecular weight is 222 g/mol. The monoisotopic (exact) mass is 222 g/mol. The molecule has 4 nitrogen and oxygen atoms in total. The molecule has 14 heavy (non-hydrogen) atoms. The van der Waals surface area contributed by atoms with Crippen LogP contribution in [0.5, 0.6) is 0 Å². The first-order chi connectivity index (χ1) is 6.74. The van der Waals surface area contributed by atoms with Gasteiger partial charge in [0, 0.05) is 0 Å². The van der Waals surface area contributed by atoms with Crippen molar-refractivity contribution in [2.24, 2.45) is 0 Å². The van der Waals surface area contributed by atoms with Gasteiger partial charge in [0.2, 0.25) is 0 Å². The normalized spacial score (nSPS) is 11.4. The lowest BCUT2D eigenvalue weighted by atomic mass is 10.3. The van der Waals surface area contributed by atoms with E-state index >= 15 is 0 Å². The molecule has 0 amide bonds. The Morgan fingerprint density at radius 1 is 0.857 bits per heavy atom. The SMILES string of the molecule is Nc1nc2c(ccc3sc(N)nc32)s1. The topological polar surface area (TPSA) is 77.8 Å². The number of nitrogens with zero attached hydrogens (tertiary/aromatic N) is 2. The Morgan fingerprint density at radius 3 is 1.71 bits per heavy atom.